The first-order chi connectivity index (χ1) is 28.8. The van der Waals surface area contributed by atoms with Crippen molar-refractivity contribution in [2.75, 3.05) is 0 Å². The maximum Gasteiger partial charge on any atom is 0.0755 e. The molecule has 0 saturated heterocycles. The summed E-state index contributed by atoms with van der Waals surface area (Å²) < 4.78 is 4.93. The number of aromatic nitrogens is 2. The predicted octanol–water partition coefficient (Wildman–Crippen LogP) is 12.3. The van der Waals surface area contributed by atoms with Crippen LogP contribution in [0.5, 0.6) is 0 Å². The molecule has 0 radical (unpaired) electrons. The topological polar surface area (TPSA) is 9.86 Å². The molecule has 0 saturated carbocycles. The van der Waals surface area contributed by atoms with E-state index in [2.05, 4.69) is 221 Å². The standard InChI is InChI=1S/C55H35N2P/c1-3-16-38(17-4-1)56-48-26-11-8-21-41(48)43-34-36(31-33-50(43)56)37-30-32-46-53(35-37)58(39-18-5-2-6-19-39)52-29-14-10-24-45(52)55(46)44-23-9-13-28-51(44)57-49-27-12-7-20-40(49)42-22-15-25-47(55)54(42)57/h1-35H/t55?,58-/m1/s1. The van der Waals surface area contributed by atoms with Crippen LogP contribution in [0.2, 0.25) is 0 Å². The molecule has 11 aromatic rings. The smallest absolute Gasteiger partial charge is 0.0755 e. The van der Waals surface area contributed by atoms with Gasteiger partial charge in [0.05, 0.1) is 33.2 Å². The Hall–Kier alpha value is -6.99. The Bertz CT molecular complexity index is 3470. The quantitative estimate of drug-likeness (QED) is 0.159. The Balaban J connectivity index is 1.13. The highest BCUT2D eigenvalue weighted by Gasteiger charge is 2.51. The second-order valence-electron chi connectivity index (χ2n) is 15.7. The van der Waals surface area contributed by atoms with Crippen LogP contribution in [0.1, 0.15) is 22.3 Å². The monoisotopic (exact) mass is 754 g/mol. The second kappa shape index (κ2) is 12.0. The summed E-state index contributed by atoms with van der Waals surface area (Å²) in [7, 11) is -0.891. The molecular weight excluding hydrogens is 720 g/mol. The van der Waals surface area contributed by atoms with Gasteiger partial charge >= 0.3 is 0 Å². The van der Waals surface area contributed by atoms with Crippen molar-refractivity contribution in [3.05, 3.63) is 235 Å². The minimum absolute atomic E-state index is 0.522. The van der Waals surface area contributed by atoms with Gasteiger partial charge in [-0.2, -0.15) is 0 Å². The van der Waals surface area contributed by atoms with Crippen molar-refractivity contribution >= 4 is 67.4 Å². The van der Waals surface area contributed by atoms with E-state index in [0.29, 0.717) is 0 Å². The van der Waals surface area contributed by atoms with E-state index in [1.807, 2.05) is 0 Å². The molecule has 2 aromatic heterocycles. The number of para-hydroxylation sites is 5. The summed E-state index contributed by atoms with van der Waals surface area (Å²) >= 11 is 0. The third kappa shape index (κ3) is 4.15. The summed E-state index contributed by atoms with van der Waals surface area (Å²) in [5, 5.41) is 9.34. The molecule has 1 unspecified atom stereocenters. The molecule has 0 fully saturated rings. The van der Waals surface area contributed by atoms with Gasteiger partial charge in [-0.1, -0.05) is 164 Å². The predicted molar refractivity (Wildman–Crippen MR) is 245 cm³/mol. The van der Waals surface area contributed by atoms with Crippen LogP contribution in [-0.2, 0) is 5.41 Å². The van der Waals surface area contributed by atoms with Gasteiger partial charge in [0.1, 0.15) is 0 Å². The first-order valence-electron chi connectivity index (χ1n) is 20.1. The number of hydrogen-bond acceptors (Lipinski definition) is 0. The van der Waals surface area contributed by atoms with Crippen LogP contribution in [0.3, 0.4) is 0 Å². The fourth-order valence-electron chi connectivity index (χ4n) is 10.6. The summed E-state index contributed by atoms with van der Waals surface area (Å²) in [4.78, 5) is 0. The van der Waals surface area contributed by atoms with Gasteiger partial charge in [0.25, 0.3) is 0 Å². The third-order valence-electron chi connectivity index (χ3n) is 12.9. The maximum absolute atomic E-state index is 2.55. The number of benzene rings is 9. The van der Waals surface area contributed by atoms with E-state index >= 15 is 0 Å². The van der Waals surface area contributed by atoms with E-state index in [-0.39, 0.29) is 0 Å². The van der Waals surface area contributed by atoms with Crippen LogP contribution in [0.15, 0.2) is 212 Å². The highest BCUT2D eigenvalue weighted by atomic mass is 31.1. The minimum atomic E-state index is -0.891. The lowest BCUT2D eigenvalue weighted by atomic mass is 9.62. The van der Waals surface area contributed by atoms with Crippen molar-refractivity contribution in [2.24, 2.45) is 0 Å². The van der Waals surface area contributed by atoms with Crippen molar-refractivity contribution in [3.8, 4) is 22.5 Å². The third-order valence-corrected chi connectivity index (χ3v) is 15.4. The zero-order valence-electron chi connectivity index (χ0n) is 31.5. The SMILES string of the molecule is c1ccc(-n2c3ccccc3c3cc(-c4ccc5c(c4)[P@](c4ccccc4)c4ccccc4C54c5ccccc5-n5c6ccccc6c6cccc4c65)ccc32)cc1. The molecule has 0 N–H and O–H groups in total. The largest absolute Gasteiger partial charge is 0.309 e. The lowest BCUT2D eigenvalue weighted by molar-refractivity contribution is 0.734. The molecule has 2 aliphatic heterocycles. The highest BCUT2D eigenvalue weighted by molar-refractivity contribution is 7.80. The lowest BCUT2D eigenvalue weighted by Crippen LogP contribution is -2.47. The van der Waals surface area contributed by atoms with Crippen LogP contribution in [-0.4, -0.2) is 9.13 Å². The van der Waals surface area contributed by atoms with Crippen molar-refractivity contribution in [1.82, 2.24) is 9.13 Å². The Labute approximate surface area is 337 Å². The molecule has 9 aromatic carbocycles. The molecule has 0 bridgehead atoms. The Morgan fingerprint density at radius 1 is 0.345 bits per heavy atom. The van der Waals surface area contributed by atoms with Crippen LogP contribution in [0.25, 0.3) is 66.1 Å². The molecule has 0 amide bonds. The molecule has 2 nitrogen and oxygen atoms in total. The van der Waals surface area contributed by atoms with Crippen molar-refractivity contribution in [1.29, 1.82) is 0 Å². The van der Waals surface area contributed by atoms with E-state index in [4.69, 9.17) is 0 Å². The van der Waals surface area contributed by atoms with Gasteiger partial charge in [0, 0.05) is 27.2 Å². The summed E-state index contributed by atoms with van der Waals surface area (Å²) in [6.07, 6.45) is 0. The van der Waals surface area contributed by atoms with E-state index in [1.165, 1.54) is 104 Å². The van der Waals surface area contributed by atoms with Crippen LogP contribution >= 0.6 is 7.92 Å². The van der Waals surface area contributed by atoms with Gasteiger partial charge in [-0.3, -0.25) is 0 Å². The lowest BCUT2D eigenvalue weighted by Gasteiger charge is -2.48. The van der Waals surface area contributed by atoms with E-state index in [1.54, 1.807) is 0 Å². The number of rotatable bonds is 3. The molecular formula is C55H35N2P. The molecule has 1 spiro atoms. The van der Waals surface area contributed by atoms with E-state index in [0.717, 1.165) is 0 Å². The second-order valence-corrected chi connectivity index (χ2v) is 17.8. The molecule has 2 aliphatic rings. The van der Waals surface area contributed by atoms with Crippen LogP contribution < -0.4 is 15.9 Å². The molecule has 0 aliphatic carbocycles. The van der Waals surface area contributed by atoms with Gasteiger partial charge in [0.2, 0.25) is 0 Å². The van der Waals surface area contributed by atoms with Gasteiger partial charge in [-0.05, 0) is 106 Å². The van der Waals surface area contributed by atoms with Crippen molar-refractivity contribution in [2.45, 2.75) is 5.41 Å². The Kier molecular flexibility index (Phi) is 6.65. The summed E-state index contributed by atoms with van der Waals surface area (Å²) in [6.45, 7) is 0. The average Bonchev–Trinajstić information content (AvgIpc) is 3.81. The zero-order valence-corrected chi connectivity index (χ0v) is 32.4. The molecule has 4 heterocycles. The van der Waals surface area contributed by atoms with Crippen LogP contribution in [0.4, 0.5) is 0 Å². The molecule has 58 heavy (non-hydrogen) atoms. The summed E-state index contributed by atoms with van der Waals surface area (Å²) in [5.41, 5.74) is 14.8. The average molecular weight is 755 g/mol. The van der Waals surface area contributed by atoms with E-state index in [9.17, 15) is 0 Å². The first kappa shape index (κ1) is 32.1. The summed E-state index contributed by atoms with van der Waals surface area (Å²) in [5.74, 6) is 0. The Morgan fingerprint density at radius 2 is 0.914 bits per heavy atom. The minimum Gasteiger partial charge on any atom is -0.309 e. The molecule has 13 rings (SSSR count). The fraction of sp³-hybridized carbons (Fsp3) is 0.0182. The molecule has 3 heteroatoms. The summed E-state index contributed by atoms with van der Waals surface area (Å²) in [6, 6.07) is 79.8. The first-order valence-corrected chi connectivity index (χ1v) is 21.5. The molecule has 270 valence electrons. The number of nitrogens with zero attached hydrogens (tertiary/aromatic N) is 2. The number of fused-ring (bicyclic) bond motifs is 14. The van der Waals surface area contributed by atoms with Gasteiger partial charge in [-0.25, -0.2) is 0 Å². The zero-order chi connectivity index (χ0) is 38.0. The van der Waals surface area contributed by atoms with Gasteiger partial charge in [-0.15, -0.1) is 0 Å². The van der Waals surface area contributed by atoms with E-state index < -0.39 is 13.3 Å². The molecule has 2 atom stereocenters. The van der Waals surface area contributed by atoms with Crippen molar-refractivity contribution in [3.63, 3.8) is 0 Å². The Morgan fingerprint density at radius 3 is 1.74 bits per heavy atom. The van der Waals surface area contributed by atoms with Gasteiger partial charge in [0.15, 0.2) is 0 Å². The van der Waals surface area contributed by atoms with Crippen molar-refractivity contribution < 1.29 is 0 Å². The van der Waals surface area contributed by atoms with Gasteiger partial charge < -0.3 is 9.13 Å². The highest BCUT2D eigenvalue weighted by Crippen LogP contribution is 2.58. The van der Waals surface area contributed by atoms with Crippen LogP contribution in [0, 0.1) is 0 Å². The fourth-order valence-corrected chi connectivity index (χ4v) is 13.4. The normalized spacial score (nSPS) is 16.5. The maximum atomic E-state index is 2.55. The number of hydrogen-bond donors (Lipinski definition) is 0.